The van der Waals surface area contributed by atoms with Gasteiger partial charge in [-0.1, -0.05) is 23.8 Å². The third-order valence-electron chi connectivity index (χ3n) is 4.58. The number of aryl methyl sites for hydroxylation is 1. The number of carbonyl (C=O) groups excluding carboxylic acids is 1. The van der Waals surface area contributed by atoms with Crippen LogP contribution < -0.4 is 5.32 Å². The van der Waals surface area contributed by atoms with Gasteiger partial charge in [0.25, 0.3) is 0 Å². The van der Waals surface area contributed by atoms with Gasteiger partial charge in [0, 0.05) is 28.3 Å². The van der Waals surface area contributed by atoms with Crippen LogP contribution in [0.15, 0.2) is 53.4 Å². The quantitative estimate of drug-likeness (QED) is 0.675. The van der Waals surface area contributed by atoms with Crippen molar-refractivity contribution in [3.8, 4) is 0 Å². The van der Waals surface area contributed by atoms with Gasteiger partial charge in [0.2, 0.25) is 15.9 Å². The minimum absolute atomic E-state index is 0.0422. The number of nitrogens with one attached hydrogen (secondary N) is 1. The standard InChI is InChI=1S/C19H21IN2O3S/c1-14-5-7-18(8-6-14)26(24,25)22-11-9-15(10-12-22)19(23)21-17-4-2-3-16(20)13-17/h2-8,13,15H,9-12H2,1H3,(H,21,23). The molecule has 1 fully saturated rings. The summed E-state index contributed by atoms with van der Waals surface area (Å²) in [5.41, 5.74) is 1.80. The number of hydrogen-bond acceptors (Lipinski definition) is 3. The predicted octanol–water partition coefficient (Wildman–Crippen LogP) is 3.64. The SMILES string of the molecule is Cc1ccc(S(=O)(=O)N2CCC(C(=O)Nc3cccc(I)c3)CC2)cc1. The van der Waals surface area contributed by atoms with E-state index in [0.29, 0.717) is 30.8 Å². The Hall–Kier alpha value is -1.45. The van der Waals surface area contributed by atoms with Crippen LogP contribution in [0.1, 0.15) is 18.4 Å². The molecular weight excluding hydrogens is 463 g/mol. The molecule has 1 aliphatic heterocycles. The van der Waals surface area contributed by atoms with Crippen molar-refractivity contribution in [3.63, 3.8) is 0 Å². The maximum Gasteiger partial charge on any atom is 0.243 e. The zero-order chi connectivity index (χ0) is 18.7. The van der Waals surface area contributed by atoms with Gasteiger partial charge in [-0.05, 0) is 72.7 Å². The maximum absolute atomic E-state index is 12.7. The van der Waals surface area contributed by atoms with Crippen molar-refractivity contribution in [1.29, 1.82) is 0 Å². The molecule has 2 aromatic rings. The Labute approximate surface area is 168 Å². The number of nitrogens with zero attached hydrogens (tertiary/aromatic N) is 1. The van der Waals surface area contributed by atoms with E-state index in [2.05, 4.69) is 27.9 Å². The summed E-state index contributed by atoms with van der Waals surface area (Å²) in [4.78, 5) is 12.8. The monoisotopic (exact) mass is 484 g/mol. The van der Waals surface area contributed by atoms with Gasteiger partial charge in [-0.2, -0.15) is 4.31 Å². The van der Waals surface area contributed by atoms with E-state index >= 15 is 0 Å². The first kappa shape index (κ1) is 19.3. The van der Waals surface area contributed by atoms with E-state index in [1.807, 2.05) is 31.2 Å². The molecular formula is C19H21IN2O3S. The summed E-state index contributed by atoms with van der Waals surface area (Å²) < 4.78 is 28.0. The van der Waals surface area contributed by atoms with Crippen LogP contribution in [0.4, 0.5) is 5.69 Å². The summed E-state index contributed by atoms with van der Waals surface area (Å²) >= 11 is 2.20. The molecule has 3 rings (SSSR count). The molecule has 1 N–H and O–H groups in total. The Morgan fingerprint density at radius 2 is 1.77 bits per heavy atom. The van der Waals surface area contributed by atoms with Crippen molar-refractivity contribution in [1.82, 2.24) is 4.31 Å². The van der Waals surface area contributed by atoms with Crippen molar-refractivity contribution >= 4 is 44.2 Å². The van der Waals surface area contributed by atoms with Gasteiger partial charge in [0.1, 0.15) is 0 Å². The Bertz CT molecular complexity index is 889. The van der Waals surface area contributed by atoms with Crippen LogP contribution in [-0.2, 0) is 14.8 Å². The summed E-state index contributed by atoms with van der Waals surface area (Å²) in [7, 11) is -3.49. The molecule has 0 aromatic heterocycles. The molecule has 1 saturated heterocycles. The lowest BCUT2D eigenvalue weighted by atomic mass is 9.97. The number of hydrogen-bond donors (Lipinski definition) is 1. The van der Waals surface area contributed by atoms with Crippen LogP contribution in [0.5, 0.6) is 0 Å². The first-order valence-corrected chi connectivity index (χ1v) is 11.0. The summed E-state index contributed by atoms with van der Waals surface area (Å²) in [6, 6.07) is 14.5. The van der Waals surface area contributed by atoms with Crippen LogP contribution in [0.2, 0.25) is 0 Å². The van der Waals surface area contributed by atoms with E-state index < -0.39 is 10.0 Å². The lowest BCUT2D eigenvalue weighted by molar-refractivity contribution is -0.120. The first-order valence-electron chi connectivity index (χ1n) is 8.49. The minimum Gasteiger partial charge on any atom is -0.326 e. The number of piperidine rings is 1. The van der Waals surface area contributed by atoms with Crippen LogP contribution in [-0.4, -0.2) is 31.7 Å². The van der Waals surface area contributed by atoms with E-state index in [9.17, 15) is 13.2 Å². The number of carbonyl (C=O) groups is 1. The molecule has 0 spiro atoms. The largest absolute Gasteiger partial charge is 0.326 e. The molecule has 0 unspecified atom stereocenters. The highest BCUT2D eigenvalue weighted by atomic mass is 127. The van der Waals surface area contributed by atoms with E-state index in [4.69, 9.17) is 0 Å². The third-order valence-corrected chi connectivity index (χ3v) is 7.16. The van der Waals surface area contributed by atoms with Crippen LogP contribution in [0.25, 0.3) is 0 Å². The van der Waals surface area contributed by atoms with Gasteiger partial charge in [0.15, 0.2) is 0 Å². The predicted molar refractivity (Wildman–Crippen MR) is 110 cm³/mol. The highest BCUT2D eigenvalue weighted by molar-refractivity contribution is 14.1. The second-order valence-corrected chi connectivity index (χ2v) is 9.67. The zero-order valence-corrected chi connectivity index (χ0v) is 17.5. The molecule has 1 aliphatic rings. The average Bonchev–Trinajstić information content (AvgIpc) is 2.62. The maximum atomic E-state index is 12.7. The van der Waals surface area contributed by atoms with Crippen LogP contribution >= 0.6 is 22.6 Å². The fourth-order valence-electron chi connectivity index (χ4n) is 3.03. The molecule has 7 heteroatoms. The second-order valence-electron chi connectivity index (χ2n) is 6.49. The molecule has 2 aromatic carbocycles. The van der Waals surface area contributed by atoms with Crippen molar-refractivity contribution in [2.75, 3.05) is 18.4 Å². The zero-order valence-electron chi connectivity index (χ0n) is 14.5. The Morgan fingerprint density at radius 3 is 2.38 bits per heavy atom. The highest BCUT2D eigenvalue weighted by Gasteiger charge is 2.32. The summed E-state index contributed by atoms with van der Waals surface area (Å²) in [6.07, 6.45) is 1.06. The normalized spacial score (nSPS) is 16.4. The molecule has 0 bridgehead atoms. The number of sulfonamides is 1. The molecule has 26 heavy (non-hydrogen) atoms. The highest BCUT2D eigenvalue weighted by Crippen LogP contribution is 2.25. The topological polar surface area (TPSA) is 66.5 Å². The molecule has 0 atom stereocenters. The number of benzene rings is 2. The summed E-state index contributed by atoms with van der Waals surface area (Å²) in [6.45, 7) is 2.65. The van der Waals surface area contributed by atoms with Crippen LogP contribution in [0, 0.1) is 16.4 Å². The number of halogens is 1. The van der Waals surface area contributed by atoms with E-state index in [-0.39, 0.29) is 11.8 Å². The third kappa shape index (κ3) is 4.44. The van der Waals surface area contributed by atoms with E-state index in [0.717, 1.165) is 14.8 Å². The number of amides is 1. The number of anilines is 1. The van der Waals surface area contributed by atoms with Crippen molar-refractivity contribution in [2.45, 2.75) is 24.7 Å². The lowest BCUT2D eigenvalue weighted by Gasteiger charge is -2.30. The molecule has 0 saturated carbocycles. The molecule has 0 radical (unpaired) electrons. The van der Waals surface area contributed by atoms with E-state index in [1.165, 1.54) is 4.31 Å². The van der Waals surface area contributed by atoms with Gasteiger partial charge < -0.3 is 5.32 Å². The summed E-state index contributed by atoms with van der Waals surface area (Å²) in [5.74, 6) is -0.211. The molecule has 1 amide bonds. The molecule has 5 nitrogen and oxygen atoms in total. The van der Waals surface area contributed by atoms with Gasteiger partial charge in [0.05, 0.1) is 4.90 Å². The Kier molecular flexibility index (Phi) is 5.99. The minimum atomic E-state index is -3.49. The smallest absolute Gasteiger partial charge is 0.243 e. The van der Waals surface area contributed by atoms with E-state index in [1.54, 1.807) is 24.3 Å². The first-order chi connectivity index (χ1) is 12.4. The lowest BCUT2D eigenvalue weighted by Crippen LogP contribution is -2.41. The van der Waals surface area contributed by atoms with Crippen molar-refractivity contribution in [3.05, 3.63) is 57.7 Å². The van der Waals surface area contributed by atoms with Gasteiger partial charge in [-0.15, -0.1) is 0 Å². The second kappa shape index (κ2) is 8.06. The Morgan fingerprint density at radius 1 is 1.12 bits per heavy atom. The Balaban J connectivity index is 1.61. The fourth-order valence-corrected chi connectivity index (χ4v) is 5.04. The van der Waals surface area contributed by atoms with Gasteiger partial charge >= 0.3 is 0 Å². The summed E-state index contributed by atoms with van der Waals surface area (Å²) in [5, 5.41) is 2.93. The van der Waals surface area contributed by atoms with Gasteiger partial charge in [-0.25, -0.2) is 8.42 Å². The molecule has 138 valence electrons. The average molecular weight is 484 g/mol. The fraction of sp³-hybridized carbons (Fsp3) is 0.316. The molecule has 0 aliphatic carbocycles. The molecule has 1 heterocycles. The number of rotatable bonds is 4. The van der Waals surface area contributed by atoms with Crippen LogP contribution in [0.3, 0.4) is 0 Å². The van der Waals surface area contributed by atoms with Crippen molar-refractivity contribution in [2.24, 2.45) is 5.92 Å². The van der Waals surface area contributed by atoms with Crippen molar-refractivity contribution < 1.29 is 13.2 Å². The van der Waals surface area contributed by atoms with Gasteiger partial charge in [-0.3, -0.25) is 4.79 Å².